The summed E-state index contributed by atoms with van der Waals surface area (Å²) in [6.07, 6.45) is 0. The quantitative estimate of drug-likeness (QED) is 0.155. The highest BCUT2D eigenvalue weighted by atomic mass is 16.3. The number of rotatable bonds is 6. The standard InChI is InChI=1S/2C42H26O/c2*1-2-11-30-26-31(25-22-27(30)10-1)28-20-23-29(24-21-28)40-33-13-3-5-15-35(33)41(36-16-6-4-14-34(36)40)38-18-9-17-37-32-12-7-8-19-39(32)43-42(37)38/h2*1-26H/i1D,2D,10D,11D,22D,25D,26D;. The van der Waals surface area contributed by atoms with E-state index in [2.05, 4.69) is 200 Å². The second-order valence-corrected chi connectivity index (χ2v) is 22.0. The lowest BCUT2D eigenvalue weighted by molar-refractivity contribution is 0.669. The third-order valence-corrected chi connectivity index (χ3v) is 17.2. The average molecular weight is 1100 g/mol. The maximum Gasteiger partial charge on any atom is 0.143 e. The van der Waals surface area contributed by atoms with Crippen molar-refractivity contribution in [1.82, 2.24) is 0 Å². The summed E-state index contributed by atoms with van der Waals surface area (Å²) >= 11 is 0. The summed E-state index contributed by atoms with van der Waals surface area (Å²) in [5.74, 6) is 0. The molecule has 0 atom stereocenters. The molecule has 0 radical (unpaired) electrons. The van der Waals surface area contributed by atoms with E-state index in [4.69, 9.17) is 18.4 Å². The minimum absolute atomic E-state index is 0.0527. The van der Waals surface area contributed by atoms with Crippen LogP contribution in [0.5, 0.6) is 0 Å². The summed E-state index contributed by atoms with van der Waals surface area (Å²) in [6.45, 7) is 0. The normalized spacial score (nSPS) is 12.9. The predicted octanol–water partition coefficient (Wildman–Crippen LogP) is 24.1. The fourth-order valence-electron chi connectivity index (χ4n) is 13.3. The van der Waals surface area contributed by atoms with E-state index in [1.807, 2.05) is 72.8 Å². The Balaban J connectivity index is 0.000000143. The molecule has 2 heteroatoms. The first-order valence-electron chi connectivity index (χ1n) is 32.5. The Kier molecular flexibility index (Phi) is 10.00. The highest BCUT2D eigenvalue weighted by molar-refractivity contribution is 6.26. The Morgan fingerprint density at radius 3 is 1.06 bits per heavy atom. The lowest BCUT2D eigenvalue weighted by Gasteiger charge is -2.18. The van der Waals surface area contributed by atoms with Crippen LogP contribution in [-0.2, 0) is 0 Å². The summed E-state index contributed by atoms with van der Waals surface area (Å²) in [4.78, 5) is 0. The molecule has 0 unspecified atom stereocenters. The number of fused-ring (bicyclic) bond motifs is 12. The molecule has 0 bridgehead atoms. The molecule has 0 saturated carbocycles. The van der Waals surface area contributed by atoms with E-state index in [1.54, 1.807) is 0 Å². The molecule has 0 N–H and O–H groups in total. The van der Waals surface area contributed by atoms with Crippen LogP contribution in [0.25, 0.3) is 175 Å². The SMILES string of the molecule is [2H]c1c([2H])c([2H])c2c([2H])c(-c3ccc(-c4c5ccccc5c(-c5cccc6c5oc5ccccc56)c5ccccc45)cc3)c([2H])c([2H])c2c1[2H].c1ccc2cc(-c3ccc(-c4c5ccccc5c(-c5cccc6c5oc5ccccc56)c5ccccc45)cc3)ccc2c1. The van der Waals surface area contributed by atoms with Gasteiger partial charge in [0.1, 0.15) is 22.3 Å². The van der Waals surface area contributed by atoms with Gasteiger partial charge in [-0.25, -0.2) is 0 Å². The fourth-order valence-corrected chi connectivity index (χ4v) is 13.3. The van der Waals surface area contributed by atoms with E-state index in [1.165, 1.54) is 60.1 Å². The van der Waals surface area contributed by atoms with Gasteiger partial charge in [0, 0.05) is 43.8 Å². The van der Waals surface area contributed by atoms with E-state index in [-0.39, 0.29) is 40.5 Å². The lowest BCUT2D eigenvalue weighted by Crippen LogP contribution is -1.91. The average Bonchev–Trinajstić information content (AvgIpc) is 1.56. The first kappa shape index (κ1) is 42.5. The third-order valence-electron chi connectivity index (χ3n) is 17.2. The van der Waals surface area contributed by atoms with Gasteiger partial charge in [-0.15, -0.1) is 0 Å². The third kappa shape index (κ3) is 8.10. The van der Waals surface area contributed by atoms with Crippen LogP contribution in [0.2, 0.25) is 0 Å². The summed E-state index contributed by atoms with van der Waals surface area (Å²) in [5, 5.41) is 16.0. The van der Waals surface area contributed by atoms with Crippen LogP contribution >= 0.6 is 0 Å². The van der Waals surface area contributed by atoms with Gasteiger partial charge < -0.3 is 8.83 Å². The molecule has 0 aliphatic rings. The lowest BCUT2D eigenvalue weighted by atomic mass is 9.85. The van der Waals surface area contributed by atoms with E-state index in [0.717, 1.165) is 93.2 Å². The van der Waals surface area contributed by atoms with E-state index >= 15 is 0 Å². The van der Waals surface area contributed by atoms with Crippen molar-refractivity contribution < 1.29 is 18.4 Å². The zero-order valence-electron chi connectivity index (χ0n) is 53.3. The van der Waals surface area contributed by atoms with Crippen molar-refractivity contribution in [2.75, 3.05) is 0 Å². The molecule has 2 aromatic heterocycles. The van der Waals surface area contributed by atoms with Crippen molar-refractivity contribution in [3.63, 3.8) is 0 Å². The molecule has 0 aliphatic heterocycles. The van der Waals surface area contributed by atoms with Crippen LogP contribution in [0, 0.1) is 0 Å². The molecule has 86 heavy (non-hydrogen) atoms. The monoisotopic (exact) mass is 1100 g/mol. The molecule has 400 valence electrons. The summed E-state index contributed by atoms with van der Waals surface area (Å²) in [7, 11) is 0. The second kappa shape index (κ2) is 20.2. The Labute approximate surface area is 506 Å². The largest absolute Gasteiger partial charge is 0.455 e. The minimum Gasteiger partial charge on any atom is -0.455 e. The molecule has 16 aromatic carbocycles. The Morgan fingerprint density at radius 2 is 0.581 bits per heavy atom. The highest BCUT2D eigenvalue weighted by Gasteiger charge is 2.23. The molecule has 0 spiro atoms. The van der Waals surface area contributed by atoms with Gasteiger partial charge in [0.2, 0.25) is 0 Å². The van der Waals surface area contributed by atoms with Crippen LogP contribution < -0.4 is 0 Å². The number of hydrogen-bond donors (Lipinski definition) is 0. The van der Waals surface area contributed by atoms with E-state index in [9.17, 15) is 0 Å². The Hall–Kier alpha value is -11.3. The molecular weight excluding hydrogens is 1040 g/mol. The van der Waals surface area contributed by atoms with E-state index < -0.39 is 18.1 Å². The maximum absolute atomic E-state index is 8.99. The van der Waals surface area contributed by atoms with Crippen molar-refractivity contribution in [3.05, 3.63) is 315 Å². The Morgan fingerprint density at radius 1 is 0.221 bits per heavy atom. The van der Waals surface area contributed by atoms with Gasteiger partial charge in [-0.3, -0.25) is 0 Å². The molecule has 18 aromatic rings. The smallest absolute Gasteiger partial charge is 0.143 e. The molecule has 0 aliphatic carbocycles. The number of para-hydroxylation sites is 4. The zero-order valence-corrected chi connectivity index (χ0v) is 46.3. The van der Waals surface area contributed by atoms with Gasteiger partial charge >= 0.3 is 0 Å². The highest BCUT2D eigenvalue weighted by Crippen LogP contribution is 2.49. The minimum atomic E-state index is -0.480. The summed E-state index contributed by atoms with van der Waals surface area (Å²) in [5.41, 5.74) is 15.5. The Bertz CT molecular complexity index is 6030. The zero-order chi connectivity index (χ0) is 62.8. The van der Waals surface area contributed by atoms with Crippen molar-refractivity contribution in [1.29, 1.82) is 0 Å². The van der Waals surface area contributed by atoms with E-state index in [0.29, 0.717) is 5.56 Å². The van der Waals surface area contributed by atoms with Crippen LogP contribution in [-0.4, -0.2) is 0 Å². The molecule has 0 amide bonds. The first-order chi connectivity index (χ1) is 45.6. The van der Waals surface area contributed by atoms with Crippen molar-refractivity contribution in [3.8, 4) is 66.8 Å². The second-order valence-electron chi connectivity index (χ2n) is 22.0. The molecular formula is C84H52O2. The van der Waals surface area contributed by atoms with Crippen LogP contribution in [0.15, 0.2) is 324 Å². The number of hydrogen-bond acceptors (Lipinski definition) is 2. The molecule has 0 fully saturated rings. The van der Waals surface area contributed by atoms with Gasteiger partial charge in [0.25, 0.3) is 0 Å². The fraction of sp³-hybridized carbons (Fsp3) is 0. The van der Waals surface area contributed by atoms with Crippen LogP contribution in [0.4, 0.5) is 0 Å². The van der Waals surface area contributed by atoms with Crippen LogP contribution in [0.1, 0.15) is 9.60 Å². The van der Waals surface area contributed by atoms with Gasteiger partial charge in [-0.05, 0) is 133 Å². The molecule has 2 nitrogen and oxygen atoms in total. The first-order valence-corrected chi connectivity index (χ1v) is 29.0. The number of furan rings is 2. The summed E-state index contributed by atoms with van der Waals surface area (Å²) < 4.78 is 72.6. The topological polar surface area (TPSA) is 26.3 Å². The van der Waals surface area contributed by atoms with Gasteiger partial charge in [-0.1, -0.05) is 291 Å². The van der Waals surface area contributed by atoms with Crippen molar-refractivity contribution in [2.24, 2.45) is 0 Å². The van der Waals surface area contributed by atoms with Gasteiger partial charge in [0.15, 0.2) is 0 Å². The predicted molar refractivity (Wildman–Crippen MR) is 365 cm³/mol. The molecule has 0 saturated heterocycles. The molecule has 18 rings (SSSR count). The maximum atomic E-state index is 8.99. The van der Waals surface area contributed by atoms with Gasteiger partial charge in [-0.2, -0.15) is 0 Å². The van der Waals surface area contributed by atoms with Crippen molar-refractivity contribution >= 4 is 109 Å². The molecule has 2 heterocycles. The summed E-state index contributed by atoms with van der Waals surface area (Å²) in [6, 6.07) is 92.9. The van der Waals surface area contributed by atoms with Crippen LogP contribution in [0.3, 0.4) is 0 Å². The van der Waals surface area contributed by atoms with Gasteiger partial charge in [0.05, 0.1) is 9.60 Å². The van der Waals surface area contributed by atoms with Crippen molar-refractivity contribution in [2.45, 2.75) is 0 Å². The number of benzene rings is 16.